The van der Waals surface area contributed by atoms with Crippen molar-refractivity contribution in [1.29, 1.82) is 0 Å². The fourth-order valence-corrected chi connectivity index (χ4v) is 1.80. The highest BCUT2D eigenvalue weighted by Gasteiger charge is 2.59. The maximum atomic E-state index is 13.4. The van der Waals surface area contributed by atoms with Gasteiger partial charge in [-0.15, -0.1) is 0 Å². The summed E-state index contributed by atoms with van der Waals surface area (Å²) in [6.45, 7) is -1.06. The second-order valence-electron chi connectivity index (χ2n) is 3.83. The molecule has 5 atom stereocenters. The highest BCUT2D eigenvalue weighted by molar-refractivity contribution is 7.46. The van der Waals surface area contributed by atoms with Crippen molar-refractivity contribution in [1.82, 2.24) is 0 Å². The summed E-state index contributed by atoms with van der Waals surface area (Å²) in [6, 6.07) is 0. The van der Waals surface area contributed by atoms with Crippen molar-refractivity contribution in [3.63, 3.8) is 0 Å². The van der Waals surface area contributed by atoms with Gasteiger partial charge in [0, 0.05) is 0 Å². The van der Waals surface area contributed by atoms with Crippen LogP contribution in [0, 0.1) is 0 Å². The van der Waals surface area contributed by atoms with Crippen LogP contribution >= 0.6 is 7.82 Å². The normalized spacial score (nSPS) is 40.1. The van der Waals surface area contributed by atoms with E-state index in [1.165, 1.54) is 0 Å². The molecule has 0 aromatic rings. The second-order valence-corrected chi connectivity index (χ2v) is 5.07. The molecule has 12 heteroatoms. The summed E-state index contributed by atoms with van der Waals surface area (Å²) >= 11 is 0. The summed E-state index contributed by atoms with van der Waals surface area (Å²) in [5, 5.41) is 36.6. The van der Waals surface area contributed by atoms with E-state index < -0.39 is 50.7 Å². The molecular formula is C7H12FO10P. The minimum absolute atomic E-state index is 1.06. The largest absolute Gasteiger partial charge is 0.477 e. The lowest BCUT2D eigenvalue weighted by Gasteiger charge is -2.41. The number of aliphatic hydroxyl groups is 3. The molecule has 1 heterocycles. The number of carbonyl (C=O) groups is 1. The lowest BCUT2D eigenvalue weighted by atomic mass is 9.94. The molecule has 1 saturated heterocycles. The number of halogens is 1. The molecule has 1 aliphatic rings. The van der Waals surface area contributed by atoms with Crippen LogP contribution in [0.25, 0.3) is 0 Å². The van der Waals surface area contributed by atoms with Gasteiger partial charge in [-0.25, -0.2) is 13.8 Å². The van der Waals surface area contributed by atoms with E-state index >= 15 is 0 Å². The van der Waals surface area contributed by atoms with Crippen molar-refractivity contribution in [3.05, 3.63) is 0 Å². The number of hydrogen-bond donors (Lipinski definition) is 6. The molecule has 0 bridgehead atoms. The van der Waals surface area contributed by atoms with Crippen LogP contribution in [0.5, 0.6) is 0 Å². The van der Waals surface area contributed by atoms with Crippen molar-refractivity contribution in [2.24, 2.45) is 0 Å². The van der Waals surface area contributed by atoms with E-state index in [1.807, 2.05) is 0 Å². The van der Waals surface area contributed by atoms with Crippen molar-refractivity contribution >= 4 is 13.8 Å². The summed E-state index contributed by atoms with van der Waals surface area (Å²) in [7, 11) is -4.95. The SMILES string of the molecule is O=C(O)[C@]1(O)O[C@H](COP(=O)(O)O)[C@@H](O)[C@H](O)[C@H]1F. The number of carboxylic acids is 1. The molecule has 0 aliphatic carbocycles. The Morgan fingerprint density at radius 2 is 1.89 bits per heavy atom. The Balaban J connectivity index is 2.88. The third-order valence-corrected chi connectivity index (χ3v) is 2.93. The molecular weight excluding hydrogens is 294 g/mol. The van der Waals surface area contributed by atoms with Gasteiger partial charge in [0.15, 0.2) is 6.17 Å². The summed E-state index contributed by atoms with van der Waals surface area (Å²) in [6.07, 6.45) is -9.08. The Labute approximate surface area is 105 Å². The van der Waals surface area contributed by atoms with Crippen molar-refractivity contribution in [2.75, 3.05) is 6.61 Å². The zero-order valence-electron chi connectivity index (χ0n) is 9.16. The molecule has 0 aromatic heterocycles. The first-order chi connectivity index (χ1) is 8.49. The van der Waals surface area contributed by atoms with E-state index in [0.29, 0.717) is 0 Å². The zero-order chi connectivity index (χ0) is 15.0. The van der Waals surface area contributed by atoms with Crippen molar-refractivity contribution in [3.8, 4) is 0 Å². The van der Waals surface area contributed by atoms with Crippen LogP contribution in [0.3, 0.4) is 0 Å². The van der Waals surface area contributed by atoms with Crippen LogP contribution < -0.4 is 0 Å². The zero-order valence-corrected chi connectivity index (χ0v) is 10.1. The van der Waals surface area contributed by atoms with Crippen LogP contribution in [0.4, 0.5) is 4.39 Å². The maximum absolute atomic E-state index is 13.4. The monoisotopic (exact) mass is 306 g/mol. The fourth-order valence-electron chi connectivity index (χ4n) is 1.46. The number of carboxylic acid groups (broad SMARTS) is 1. The minimum Gasteiger partial charge on any atom is -0.477 e. The molecule has 1 fully saturated rings. The minimum atomic E-state index is -4.95. The van der Waals surface area contributed by atoms with Crippen LogP contribution in [-0.2, 0) is 18.6 Å². The Morgan fingerprint density at radius 3 is 2.32 bits per heavy atom. The number of rotatable bonds is 4. The Bertz CT molecular complexity index is 397. The van der Waals surface area contributed by atoms with E-state index in [-0.39, 0.29) is 0 Å². The lowest BCUT2D eigenvalue weighted by molar-refractivity contribution is -0.324. The van der Waals surface area contributed by atoms with Gasteiger partial charge < -0.3 is 34.9 Å². The topological polar surface area (TPSA) is 174 Å². The molecule has 0 saturated carbocycles. The Kier molecular flexibility index (Phi) is 4.65. The summed E-state index contributed by atoms with van der Waals surface area (Å²) in [5.41, 5.74) is 0. The highest BCUT2D eigenvalue weighted by atomic mass is 31.2. The number of phosphoric ester groups is 1. The smallest absolute Gasteiger partial charge is 0.469 e. The first kappa shape index (κ1) is 16.4. The lowest BCUT2D eigenvalue weighted by Crippen LogP contribution is -2.66. The molecule has 0 spiro atoms. The quantitative estimate of drug-likeness (QED) is 0.300. The molecule has 10 nitrogen and oxygen atoms in total. The molecule has 0 amide bonds. The van der Waals surface area contributed by atoms with Gasteiger partial charge in [-0.1, -0.05) is 0 Å². The first-order valence-electron chi connectivity index (χ1n) is 4.83. The average Bonchev–Trinajstić information content (AvgIpc) is 2.28. The van der Waals surface area contributed by atoms with Crippen molar-refractivity contribution < 1.29 is 53.2 Å². The summed E-state index contributed by atoms with van der Waals surface area (Å²) < 4.78 is 32.1. The molecule has 0 unspecified atom stereocenters. The van der Waals surface area contributed by atoms with Gasteiger partial charge in [-0.05, 0) is 0 Å². The van der Waals surface area contributed by atoms with E-state index in [4.69, 9.17) is 14.9 Å². The first-order valence-corrected chi connectivity index (χ1v) is 6.36. The van der Waals surface area contributed by atoms with Gasteiger partial charge in [0.1, 0.15) is 18.3 Å². The van der Waals surface area contributed by atoms with Gasteiger partial charge >= 0.3 is 19.6 Å². The van der Waals surface area contributed by atoms with Crippen LogP contribution in [0.15, 0.2) is 0 Å². The number of hydrogen-bond acceptors (Lipinski definition) is 7. The van der Waals surface area contributed by atoms with Gasteiger partial charge in [0.2, 0.25) is 0 Å². The number of ether oxygens (including phenoxy) is 1. The van der Waals surface area contributed by atoms with Crippen molar-refractivity contribution in [2.45, 2.75) is 30.3 Å². The molecule has 112 valence electrons. The molecule has 1 aliphatic heterocycles. The average molecular weight is 306 g/mol. The van der Waals surface area contributed by atoms with Gasteiger partial charge in [0.05, 0.1) is 6.61 Å². The third-order valence-electron chi connectivity index (χ3n) is 2.45. The van der Waals surface area contributed by atoms with E-state index in [2.05, 4.69) is 9.26 Å². The van der Waals surface area contributed by atoms with Crippen LogP contribution in [0.1, 0.15) is 0 Å². The molecule has 0 aromatic carbocycles. The summed E-state index contributed by atoms with van der Waals surface area (Å²) in [5.74, 6) is -5.63. The predicted molar refractivity (Wildman–Crippen MR) is 52.4 cm³/mol. The van der Waals surface area contributed by atoms with E-state index in [9.17, 15) is 29.1 Å². The molecule has 6 N–H and O–H groups in total. The van der Waals surface area contributed by atoms with Gasteiger partial charge in [-0.2, -0.15) is 0 Å². The number of aliphatic hydroxyl groups excluding tert-OH is 2. The number of phosphoric acid groups is 1. The number of aliphatic carboxylic acids is 1. The van der Waals surface area contributed by atoms with Gasteiger partial charge in [0.25, 0.3) is 0 Å². The third kappa shape index (κ3) is 3.46. The standard InChI is InChI=1S/C7H12FO10P/c8-5-4(10)3(9)2(1-17-19(14,15)16)18-7(5,13)6(11)12/h2-5,9-10,13H,1H2,(H,11,12)(H2,14,15,16)/t2-,3-,4+,5-,7-/m1/s1. The highest BCUT2D eigenvalue weighted by Crippen LogP contribution is 2.38. The Hall–Kier alpha value is -0.650. The van der Waals surface area contributed by atoms with Crippen LogP contribution in [0.2, 0.25) is 0 Å². The summed E-state index contributed by atoms with van der Waals surface area (Å²) in [4.78, 5) is 27.5. The van der Waals surface area contributed by atoms with E-state index in [0.717, 1.165) is 0 Å². The molecule has 0 radical (unpaired) electrons. The maximum Gasteiger partial charge on any atom is 0.469 e. The molecule has 19 heavy (non-hydrogen) atoms. The molecule has 1 rings (SSSR count). The number of alkyl halides is 1. The fraction of sp³-hybridized carbons (Fsp3) is 0.857. The second kappa shape index (κ2) is 5.38. The predicted octanol–water partition coefficient (Wildman–Crippen LogP) is -2.67. The van der Waals surface area contributed by atoms with Crippen LogP contribution in [-0.4, -0.2) is 73.1 Å². The Morgan fingerprint density at radius 1 is 1.37 bits per heavy atom. The van der Waals surface area contributed by atoms with E-state index in [1.54, 1.807) is 0 Å². The van der Waals surface area contributed by atoms with Gasteiger partial charge in [-0.3, -0.25) is 4.52 Å².